The Bertz CT molecular complexity index is 602. The van der Waals surface area contributed by atoms with E-state index in [0.29, 0.717) is 10.0 Å². The highest BCUT2D eigenvalue weighted by atomic mass is 35.5. The molecule has 22 heavy (non-hydrogen) atoms. The number of halogens is 4. The zero-order chi connectivity index (χ0) is 16.4. The van der Waals surface area contributed by atoms with E-state index in [1.807, 2.05) is 24.3 Å². The van der Waals surface area contributed by atoms with Crippen LogP contribution in [0.2, 0.25) is 10.0 Å². The fourth-order valence-corrected chi connectivity index (χ4v) is 2.39. The molecule has 2 rings (SSSR count). The van der Waals surface area contributed by atoms with Crippen molar-refractivity contribution in [3.8, 4) is 0 Å². The summed E-state index contributed by atoms with van der Waals surface area (Å²) in [5, 5.41) is 9.69. The van der Waals surface area contributed by atoms with Crippen molar-refractivity contribution in [1.29, 1.82) is 0 Å². The van der Waals surface area contributed by atoms with Gasteiger partial charge in [0.2, 0.25) is 0 Å². The Morgan fingerprint density at radius 3 is 1.18 bits per heavy atom. The van der Waals surface area contributed by atoms with Crippen LogP contribution < -0.4 is 0 Å². The first-order valence-corrected chi connectivity index (χ1v) is 8.06. The number of hydrogen-bond acceptors (Lipinski definition) is 2. The molecular formula is C16H14Cl4N2. The molecule has 2 aromatic rings. The zero-order valence-corrected chi connectivity index (χ0v) is 15.0. The van der Waals surface area contributed by atoms with Crippen LogP contribution in [0.1, 0.15) is 25.0 Å². The summed E-state index contributed by atoms with van der Waals surface area (Å²) in [7, 11) is 0. The highest BCUT2D eigenvalue weighted by Gasteiger charge is 2.27. The Hall–Kier alpha value is -0.800. The number of rotatable bonds is 4. The molecule has 0 saturated carbocycles. The van der Waals surface area contributed by atoms with Gasteiger partial charge in [-0.1, -0.05) is 70.7 Å². The van der Waals surface area contributed by atoms with Crippen LogP contribution in [0, 0.1) is 0 Å². The second-order valence-electron chi connectivity index (χ2n) is 5.12. The van der Waals surface area contributed by atoms with Gasteiger partial charge in [0.15, 0.2) is 10.00 Å². The smallest absolute Gasteiger partial charge is 0.164 e. The Labute approximate surface area is 150 Å². The van der Waals surface area contributed by atoms with Crippen LogP contribution in [0.25, 0.3) is 0 Å². The third-order valence-electron chi connectivity index (χ3n) is 3.17. The molecule has 2 unspecified atom stereocenters. The summed E-state index contributed by atoms with van der Waals surface area (Å²) in [5.74, 6) is 0. The fraction of sp³-hybridized carbons (Fsp3) is 0.250. The highest BCUT2D eigenvalue weighted by Crippen LogP contribution is 2.36. The van der Waals surface area contributed by atoms with E-state index in [4.69, 9.17) is 46.4 Å². The lowest BCUT2D eigenvalue weighted by Crippen LogP contribution is -2.14. The largest absolute Gasteiger partial charge is 0.176 e. The number of hydrogen-bond donors (Lipinski definition) is 0. The first kappa shape index (κ1) is 17.6. The Balaban J connectivity index is 2.25. The molecule has 0 amide bonds. The van der Waals surface area contributed by atoms with Crippen molar-refractivity contribution in [3.63, 3.8) is 0 Å². The number of azo groups is 1. The van der Waals surface area contributed by atoms with E-state index in [1.165, 1.54) is 0 Å². The molecule has 0 saturated heterocycles. The lowest BCUT2D eigenvalue weighted by atomic mass is 10.1. The van der Waals surface area contributed by atoms with E-state index in [2.05, 4.69) is 10.2 Å². The molecule has 0 spiro atoms. The van der Waals surface area contributed by atoms with Crippen molar-refractivity contribution in [1.82, 2.24) is 0 Å². The summed E-state index contributed by atoms with van der Waals surface area (Å²) in [6.45, 7) is 3.49. The summed E-state index contributed by atoms with van der Waals surface area (Å²) in [4.78, 5) is -2.04. The summed E-state index contributed by atoms with van der Waals surface area (Å²) < 4.78 is 0. The van der Waals surface area contributed by atoms with Crippen molar-refractivity contribution >= 4 is 46.4 Å². The minimum absolute atomic E-state index is 0.636. The second kappa shape index (κ2) is 6.76. The first-order valence-electron chi connectivity index (χ1n) is 6.55. The lowest BCUT2D eigenvalue weighted by molar-refractivity contribution is 0.578. The molecule has 0 radical (unpaired) electrons. The number of alkyl halides is 2. The molecule has 2 aromatic carbocycles. The Morgan fingerprint density at radius 1 is 0.636 bits per heavy atom. The van der Waals surface area contributed by atoms with Gasteiger partial charge in [-0.3, -0.25) is 0 Å². The standard InChI is InChI=1S/C16H14Cl4N2/c1-15(19,11-3-7-13(17)8-4-11)21-22-16(2,20)12-5-9-14(18)10-6-12/h3-10H,1-2H3. The van der Waals surface area contributed by atoms with Crippen molar-refractivity contribution in [2.24, 2.45) is 10.2 Å². The van der Waals surface area contributed by atoms with E-state index in [-0.39, 0.29) is 0 Å². The SMILES string of the molecule is CC(Cl)(N=NC(C)(Cl)c1ccc(Cl)cc1)c1ccc(Cl)cc1. The van der Waals surface area contributed by atoms with Gasteiger partial charge in [0, 0.05) is 10.0 Å². The minimum atomic E-state index is -1.02. The maximum Gasteiger partial charge on any atom is 0.176 e. The first-order chi connectivity index (χ1) is 10.2. The molecule has 116 valence electrons. The minimum Gasteiger partial charge on any atom is -0.164 e. The van der Waals surface area contributed by atoms with Crippen molar-refractivity contribution in [2.45, 2.75) is 23.8 Å². The van der Waals surface area contributed by atoms with Gasteiger partial charge in [0.25, 0.3) is 0 Å². The fourth-order valence-electron chi connectivity index (χ4n) is 1.81. The topological polar surface area (TPSA) is 24.7 Å². The van der Waals surface area contributed by atoms with Crippen molar-refractivity contribution in [2.75, 3.05) is 0 Å². The molecule has 2 nitrogen and oxygen atoms in total. The van der Waals surface area contributed by atoms with Crippen molar-refractivity contribution in [3.05, 3.63) is 69.7 Å². The quantitative estimate of drug-likeness (QED) is 0.313. The second-order valence-corrected chi connectivity index (χ2v) is 7.47. The van der Waals surface area contributed by atoms with Gasteiger partial charge in [-0.2, -0.15) is 10.2 Å². The van der Waals surface area contributed by atoms with Gasteiger partial charge in [0.1, 0.15) is 0 Å². The van der Waals surface area contributed by atoms with Crippen LogP contribution in [-0.4, -0.2) is 0 Å². The molecule has 6 heteroatoms. The molecule has 0 aliphatic rings. The molecule has 0 aliphatic heterocycles. The van der Waals surface area contributed by atoms with E-state index < -0.39 is 10.00 Å². The zero-order valence-electron chi connectivity index (χ0n) is 12.0. The van der Waals surface area contributed by atoms with Crippen LogP contribution >= 0.6 is 46.4 Å². The molecule has 0 aromatic heterocycles. The van der Waals surface area contributed by atoms with Crippen LogP contribution in [-0.2, 0) is 10.00 Å². The molecule has 0 bridgehead atoms. The van der Waals surface area contributed by atoms with Gasteiger partial charge in [-0.15, -0.1) is 0 Å². The highest BCUT2D eigenvalue weighted by molar-refractivity contribution is 6.31. The van der Waals surface area contributed by atoms with E-state index in [0.717, 1.165) is 11.1 Å². The van der Waals surface area contributed by atoms with Crippen LogP contribution in [0.4, 0.5) is 0 Å². The average Bonchev–Trinajstić information content (AvgIpc) is 2.46. The van der Waals surface area contributed by atoms with Gasteiger partial charge >= 0.3 is 0 Å². The maximum absolute atomic E-state index is 6.45. The van der Waals surface area contributed by atoms with Crippen molar-refractivity contribution < 1.29 is 0 Å². The molecular weight excluding hydrogens is 362 g/mol. The Kier molecular flexibility index (Phi) is 5.39. The van der Waals surface area contributed by atoms with Gasteiger partial charge in [-0.25, -0.2) is 0 Å². The third-order valence-corrected chi connectivity index (χ3v) is 4.26. The van der Waals surface area contributed by atoms with Gasteiger partial charge < -0.3 is 0 Å². The average molecular weight is 376 g/mol. The lowest BCUT2D eigenvalue weighted by Gasteiger charge is -2.21. The van der Waals surface area contributed by atoms with E-state index >= 15 is 0 Å². The summed E-state index contributed by atoms with van der Waals surface area (Å²) in [6, 6.07) is 14.3. The molecule has 0 aliphatic carbocycles. The summed E-state index contributed by atoms with van der Waals surface area (Å²) in [6.07, 6.45) is 0. The van der Waals surface area contributed by atoms with Gasteiger partial charge in [0.05, 0.1) is 0 Å². The van der Waals surface area contributed by atoms with Crippen LogP contribution in [0.15, 0.2) is 58.8 Å². The van der Waals surface area contributed by atoms with Gasteiger partial charge in [-0.05, 0) is 49.2 Å². The normalized spacial score (nSPS) is 17.2. The van der Waals surface area contributed by atoms with E-state index in [1.54, 1.807) is 38.1 Å². The predicted molar refractivity (Wildman–Crippen MR) is 94.2 cm³/mol. The molecule has 0 heterocycles. The van der Waals surface area contributed by atoms with E-state index in [9.17, 15) is 0 Å². The molecule has 2 atom stereocenters. The molecule has 0 N–H and O–H groups in total. The Morgan fingerprint density at radius 2 is 0.909 bits per heavy atom. The summed E-state index contributed by atoms with van der Waals surface area (Å²) in [5.41, 5.74) is 1.57. The number of benzene rings is 2. The van der Waals surface area contributed by atoms with Crippen LogP contribution in [0.5, 0.6) is 0 Å². The summed E-state index contributed by atoms with van der Waals surface area (Å²) >= 11 is 24.6. The maximum atomic E-state index is 6.45. The monoisotopic (exact) mass is 374 g/mol. The third kappa shape index (κ3) is 4.36. The predicted octanol–water partition coefficient (Wildman–Crippen LogP) is 6.97. The van der Waals surface area contributed by atoms with Crippen LogP contribution in [0.3, 0.4) is 0 Å². The number of nitrogens with zero attached hydrogens (tertiary/aromatic N) is 2. The molecule has 0 fully saturated rings.